The van der Waals surface area contributed by atoms with Crippen molar-refractivity contribution in [2.75, 3.05) is 0 Å². The first-order valence-electron chi connectivity index (χ1n) is 5.26. The number of amides is 1. The van der Waals surface area contributed by atoms with Gasteiger partial charge in [0.15, 0.2) is 0 Å². The summed E-state index contributed by atoms with van der Waals surface area (Å²) in [6.07, 6.45) is 0.266. The molecule has 4 nitrogen and oxygen atoms in total. The van der Waals surface area contributed by atoms with Crippen LogP contribution in [0.15, 0.2) is 30.3 Å². The van der Waals surface area contributed by atoms with Crippen molar-refractivity contribution in [2.24, 2.45) is 0 Å². The molecule has 0 aliphatic carbocycles. The van der Waals surface area contributed by atoms with Gasteiger partial charge in [-0.05, 0) is 12.5 Å². The Labute approximate surface area is 105 Å². The summed E-state index contributed by atoms with van der Waals surface area (Å²) in [5.74, 6) is -1.42. The maximum Gasteiger partial charge on any atom is 0.326 e. The minimum atomic E-state index is -1.05. The van der Waals surface area contributed by atoms with Gasteiger partial charge in [0.05, 0.1) is 5.25 Å². The summed E-state index contributed by atoms with van der Waals surface area (Å²) in [6.45, 7) is 1.60. The molecule has 0 aliphatic heterocycles. The van der Waals surface area contributed by atoms with Gasteiger partial charge in [0.1, 0.15) is 6.04 Å². The number of aliphatic carboxylic acids is 1. The maximum atomic E-state index is 11.4. The van der Waals surface area contributed by atoms with Gasteiger partial charge in [0, 0.05) is 6.42 Å². The molecule has 0 aromatic heterocycles. The summed E-state index contributed by atoms with van der Waals surface area (Å²) in [5.41, 5.74) is 0.868. The first kappa shape index (κ1) is 13.6. The zero-order chi connectivity index (χ0) is 12.8. The summed E-state index contributed by atoms with van der Waals surface area (Å²) in [7, 11) is 0. The van der Waals surface area contributed by atoms with Crippen molar-refractivity contribution in [1.29, 1.82) is 0 Å². The first-order valence-corrected chi connectivity index (χ1v) is 5.77. The van der Waals surface area contributed by atoms with Crippen LogP contribution >= 0.6 is 12.6 Å². The molecular weight excluding hydrogens is 238 g/mol. The van der Waals surface area contributed by atoms with E-state index in [1.165, 1.54) is 0 Å². The second-order valence-corrected chi connectivity index (χ2v) is 4.54. The molecule has 92 valence electrons. The van der Waals surface area contributed by atoms with Crippen molar-refractivity contribution in [2.45, 2.75) is 24.6 Å². The van der Waals surface area contributed by atoms with Crippen molar-refractivity contribution in [3.63, 3.8) is 0 Å². The maximum absolute atomic E-state index is 11.4. The molecule has 1 amide bonds. The molecule has 0 fully saturated rings. The fourth-order valence-corrected chi connectivity index (χ4v) is 1.42. The second kappa shape index (κ2) is 6.30. The third kappa shape index (κ3) is 4.48. The number of carbonyl (C=O) groups is 2. The summed E-state index contributed by atoms with van der Waals surface area (Å²) in [4.78, 5) is 22.4. The van der Waals surface area contributed by atoms with Crippen molar-refractivity contribution in [3.05, 3.63) is 35.9 Å². The lowest BCUT2D eigenvalue weighted by Crippen LogP contribution is -2.44. The minimum Gasteiger partial charge on any atom is -0.480 e. The number of carbonyl (C=O) groups excluding carboxylic acids is 1. The van der Waals surface area contributed by atoms with Gasteiger partial charge in [0.2, 0.25) is 5.91 Å². The SMILES string of the molecule is C[C@H](S)C(=O)N[C@@H](Cc1ccccc1)C(=O)O. The van der Waals surface area contributed by atoms with E-state index in [-0.39, 0.29) is 12.3 Å². The molecule has 0 aliphatic rings. The average molecular weight is 253 g/mol. The molecular formula is C12H15NO3S. The highest BCUT2D eigenvalue weighted by Crippen LogP contribution is 2.04. The van der Waals surface area contributed by atoms with E-state index in [1.807, 2.05) is 30.3 Å². The van der Waals surface area contributed by atoms with E-state index in [1.54, 1.807) is 6.92 Å². The number of carboxylic acids is 1. The molecule has 0 saturated carbocycles. The van der Waals surface area contributed by atoms with Crippen molar-refractivity contribution in [3.8, 4) is 0 Å². The van der Waals surface area contributed by atoms with Crippen molar-refractivity contribution >= 4 is 24.5 Å². The number of rotatable bonds is 5. The third-order valence-corrected chi connectivity index (χ3v) is 2.51. The third-order valence-electron chi connectivity index (χ3n) is 2.28. The van der Waals surface area contributed by atoms with Crippen LogP contribution in [0.3, 0.4) is 0 Å². The summed E-state index contributed by atoms with van der Waals surface area (Å²) < 4.78 is 0. The zero-order valence-corrected chi connectivity index (χ0v) is 10.4. The Hall–Kier alpha value is -1.49. The summed E-state index contributed by atoms with van der Waals surface area (Å²) in [6, 6.07) is 8.25. The van der Waals surface area contributed by atoms with Gasteiger partial charge in [-0.15, -0.1) is 0 Å². The first-order chi connectivity index (χ1) is 8.00. The van der Waals surface area contributed by atoms with E-state index in [0.29, 0.717) is 0 Å². The smallest absolute Gasteiger partial charge is 0.326 e. The van der Waals surface area contributed by atoms with Crippen LogP contribution in [-0.4, -0.2) is 28.3 Å². The molecule has 2 N–H and O–H groups in total. The lowest BCUT2D eigenvalue weighted by molar-refractivity contribution is -0.141. The molecule has 1 rings (SSSR count). The van der Waals surface area contributed by atoms with E-state index < -0.39 is 17.3 Å². The Morgan fingerprint density at radius 2 is 1.94 bits per heavy atom. The predicted molar refractivity (Wildman–Crippen MR) is 68.2 cm³/mol. The normalized spacial score (nSPS) is 13.8. The molecule has 2 atom stereocenters. The van der Waals surface area contributed by atoms with Gasteiger partial charge in [-0.2, -0.15) is 12.6 Å². The van der Waals surface area contributed by atoms with Crippen LogP contribution in [-0.2, 0) is 16.0 Å². The van der Waals surface area contributed by atoms with Gasteiger partial charge in [-0.1, -0.05) is 30.3 Å². The fraction of sp³-hybridized carbons (Fsp3) is 0.333. The van der Waals surface area contributed by atoms with Crippen LogP contribution < -0.4 is 5.32 Å². The van der Waals surface area contributed by atoms with E-state index in [2.05, 4.69) is 17.9 Å². The van der Waals surface area contributed by atoms with Crippen LogP contribution in [0.25, 0.3) is 0 Å². The molecule has 17 heavy (non-hydrogen) atoms. The second-order valence-electron chi connectivity index (χ2n) is 3.77. The quantitative estimate of drug-likeness (QED) is 0.689. The van der Waals surface area contributed by atoms with Crippen molar-refractivity contribution < 1.29 is 14.7 Å². The highest BCUT2D eigenvalue weighted by atomic mass is 32.1. The molecule has 5 heteroatoms. The van der Waals surface area contributed by atoms with Crippen LogP contribution in [0.1, 0.15) is 12.5 Å². The van der Waals surface area contributed by atoms with Gasteiger partial charge in [0.25, 0.3) is 0 Å². The Balaban J connectivity index is 2.68. The largest absolute Gasteiger partial charge is 0.480 e. The Kier molecular flexibility index (Phi) is 5.03. The lowest BCUT2D eigenvalue weighted by Gasteiger charge is -2.15. The van der Waals surface area contributed by atoms with Crippen LogP contribution in [0.4, 0.5) is 0 Å². The van der Waals surface area contributed by atoms with E-state index in [0.717, 1.165) is 5.56 Å². The Morgan fingerprint density at radius 3 is 2.41 bits per heavy atom. The standard InChI is InChI=1S/C12H15NO3S/c1-8(17)11(14)13-10(12(15)16)7-9-5-3-2-4-6-9/h2-6,8,10,17H,7H2,1H3,(H,13,14)(H,15,16)/t8-,10-/m0/s1. The molecule has 1 aromatic rings. The Bertz CT molecular complexity index is 392. The number of nitrogens with one attached hydrogen (secondary N) is 1. The monoisotopic (exact) mass is 253 g/mol. The Morgan fingerprint density at radius 1 is 1.35 bits per heavy atom. The number of benzene rings is 1. The van der Waals surface area contributed by atoms with E-state index in [9.17, 15) is 9.59 Å². The van der Waals surface area contributed by atoms with Gasteiger partial charge in [-0.3, -0.25) is 4.79 Å². The zero-order valence-electron chi connectivity index (χ0n) is 9.46. The molecule has 0 radical (unpaired) electrons. The van der Waals surface area contributed by atoms with Crippen LogP contribution in [0.5, 0.6) is 0 Å². The van der Waals surface area contributed by atoms with E-state index in [4.69, 9.17) is 5.11 Å². The summed E-state index contributed by atoms with van der Waals surface area (Å²) in [5, 5.41) is 11.0. The minimum absolute atomic E-state index is 0.266. The van der Waals surface area contributed by atoms with Crippen LogP contribution in [0, 0.1) is 0 Å². The van der Waals surface area contributed by atoms with Gasteiger partial charge < -0.3 is 10.4 Å². The topological polar surface area (TPSA) is 66.4 Å². The van der Waals surface area contributed by atoms with E-state index >= 15 is 0 Å². The fourth-order valence-electron chi connectivity index (χ4n) is 1.34. The van der Waals surface area contributed by atoms with Crippen molar-refractivity contribution in [1.82, 2.24) is 5.32 Å². The number of carboxylic acid groups (broad SMARTS) is 1. The average Bonchev–Trinajstić information content (AvgIpc) is 2.29. The molecule has 1 aromatic carbocycles. The molecule has 0 spiro atoms. The molecule has 0 unspecified atom stereocenters. The number of thiol groups is 1. The number of hydrogen-bond donors (Lipinski definition) is 3. The molecule has 0 bridgehead atoms. The highest BCUT2D eigenvalue weighted by molar-refractivity contribution is 7.81. The molecule has 0 saturated heterocycles. The van der Waals surface area contributed by atoms with Gasteiger partial charge in [-0.25, -0.2) is 4.79 Å². The lowest BCUT2D eigenvalue weighted by atomic mass is 10.1. The highest BCUT2D eigenvalue weighted by Gasteiger charge is 2.21. The summed E-state index contributed by atoms with van der Waals surface area (Å²) >= 11 is 3.96. The number of hydrogen-bond acceptors (Lipinski definition) is 3. The van der Waals surface area contributed by atoms with Gasteiger partial charge >= 0.3 is 5.97 Å². The van der Waals surface area contributed by atoms with Crippen LogP contribution in [0.2, 0.25) is 0 Å². The predicted octanol–water partition coefficient (Wildman–Crippen LogP) is 1.12. The molecule has 0 heterocycles.